The summed E-state index contributed by atoms with van der Waals surface area (Å²) in [7, 11) is 0. The quantitative estimate of drug-likeness (QED) is 0.360. The van der Waals surface area contributed by atoms with Gasteiger partial charge in [0.25, 0.3) is 5.56 Å². The number of thioether (sulfide) groups is 1. The summed E-state index contributed by atoms with van der Waals surface area (Å²) in [6.45, 7) is 10.0. The Morgan fingerprint density at radius 3 is 2.59 bits per heavy atom. The fraction of sp³-hybridized carbons (Fsp3) is 0.261. The third kappa shape index (κ3) is 4.43. The maximum Gasteiger partial charge on any atom is 0.266 e. The molecule has 0 fully saturated rings. The molecule has 29 heavy (non-hydrogen) atoms. The van der Waals surface area contributed by atoms with Gasteiger partial charge in [-0.1, -0.05) is 62.0 Å². The van der Waals surface area contributed by atoms with Crippen molar-refractivity contribution in [2.24, 2.45) is 0 Å². The average Bonchev–Trinajstić information content (AvgIpc) is 2.72. The highest BCUT2D eigenvalue weighted by molar-refractivity contribution is 8.00. The second-order valence-corrected chi connectivity index (χ2v) is 8.37. The molecule has 0 unspecified atom stereocenters. The molecule has 0 aliphatic carbocycles. The topological polar surface area (TPSA) is 64.0 Å². The summed E-state index contributed by atoms with van der Waals surface area (Å²) in [4.78, 5) is 30.6. The van der Waals surface area contributed by atoms with Crippen LogP contribution in [0.25, 0.3) is 16.6 Å². The van der Waals surface area contributed by atoms with Crippen LogP contribution in [0.15, 0.2) is 71.1 Å². The first kappa shape index (κ1) is 20.9. The number of amides is 1. The van der Waals surface area contributed by atoms with Crippen LogP contribution in [0, 0.1) is 0 Å². The first-order chi connectivity index (χ1) is 13.9. The van der Waals surface area contributed by atoms with Crippen molar-refractivity contribution >= 4 is 28.6 Å². The van der Waals surface area contributed by atoms with Crippen LogP contribution in [0.1, 0.15) is 32.3 Å². The van der Waals surface area contributed by atoms with Gasteiger partial charge in [-0.05, 0) is 36.6 Å². The third-order valence-corrected chi connectivity index (χ3v) is 5.67. The van der Waals surface area contributed by atoms with Crippen LogP contribution < -0.4 is 10.9 Å². The minimum absolute atomic E-state index is 0.124. The summed E-state index contributed by atoms with van der Waals surface area (Å²) in [5.74, 6) is 0.108. The molecule has 1 amide bonds. The first-order valence-corrected chi connectivity index (χ1v) is 10.5. The lowest BCUT2D eigenvalue weighted by Crippen LogP contribution is -2.32. The number of hydrogen-bond acceptors (Lipinski definition) is 4. The fourth-order valence-corrected chi connectivity index (χ4v) is 4.06. The van der Waals surface area contributed by atoms with Crippen molar-refractivity contribution in [1.82, 2.24) is 14.9 Å². The molecule has 0 radical (unpaired) electrons. The zero-order chi connectivity index (χ0) is 21.0. The van der Waals surface area contributed by atoms with E-state index in [1.807, 2.05) is 49.4 Å². The monoisotopic (exact) mass is 407 g/mol. The molecule has 0 aliphatic rings. The van der Waals surface area contributed by atoms with Gasteiger partial charge in [-0.25, -0.2) is 4.98 Å². The molecule has 1 N–H and O–H groups in total. The minimum Gasteiger partial charge on any atom is -0.352 e. The maximum absolute atomic E-state index is 13.4. The summed E-state index contributed by atoms with van der Waals surface area (Å²) in [5.41, 5.74) is 2.34. The van der Waals surface area contributed by atoms with Crippen LogP contribution in [-0.4, -0.2) is 27.3 Å². The zero-order valence-corrected chi connectivity index (χ0v) is 17.7. The molecule has 150 valence electrons. The van der Waals surface area contributed by atoms with E-state index in [1.165, 1.54) is 11.8 Å². The molecule has 0 saturated heterocycles. The van der Waals surface area contributed by atoms with Crippen LogP contribution in [0.2, 0.25) is 0 Å². The van der Waals surface area contributed by atoms with Crippen molar-refractivity contribution in [1.29, 1.82) is 0 Å². The molecule has 0 saturated carbocycles. The van der Waals surface area contributed by atoms with Gasteiger partial charge in [0, 0.05) is 6.54 Å². The number of nitrogens with one attached hydrogen (secondary N) is 1. The van der Waals surface area contributed by atoms with Crippen LogP contribution in [0.3, 0.4) is 0 Å². The Hall–Kier alpha value is -2.86. The van der Waals surface area contributed by atoms with E-state index in [-0.39, 0.29) is 17.4 Å². The van der Waals surface area contributed by atoms with Gasteiger partial charge in [-0.3, -0.25) is 14.2 Å². The maximum atomic E-state index is 13.4. The van der Waals surface area contributed by atoms with Crippen molar-refractivity contribution < 1.29 is 4.79 Å². The molecule has 3 rings (SSSR count). The molecule has 5 nitrogen and oxygen atoms in total. The molecular weight excluding hydrogens is 382 g/mol. The van der Waals surface area contributed by atoms with Gasteiger partial charge in [0.05, 0.1) is 21.8 Å². The lowest BCUT2D eigenvalue weighted by atomic mass is 10.0. The Morgan fingerprint density at radius 2 is 1.86 bits per heavy atom. The highest BCUT2D eigenvalue weighted by Gasteiger charge is 2.21. The normalized spacial score (nSPS) is 12.1. The second-order valence-electron chi connectivity index (χ2n) is 7.06. The summed E-state index contributed by atoms with van der Waals surface area (Å²) in [5, 5.41) is 3.44. The average molecular weight is 408 g/mol. The van der Waals surface area contributed by atoms with Gasteiger partial charge in [-0.2, -0.15) is 0 Å². The molecule has 1 heterocycles. The van der Waals surface area contributed by atoms with E-state index in [1.54, 1.807) is 16.7 Å². The first-order valence-electron chi connectivity index (χ1n) is 9.60. The van der Waals surface area contributed by atoms with Crippen molar-refractivity contribution in [2.75, 3.05) is 6.54 Å². The fourth-order valence-electron chi connectivity index (χ4n) is 3.11. The number of para-hydroxylation sites is 2. The van der Waals surface area contributed by atoms with Gasteiger partial charge in [0.2, 0.25) is 5.91 Å². The number of nitrogens with zero attached hydrogens (tertiary/aromatic N) is 2. The summed E-state index contributed by atoms with van der Waals surface area (Å²) >= 11 is 1.28. The van der Waals surface area contributed by atoms with Crippen LogP contribution in [0.5, 0.6) is 0 Å². The van der Waals surface area contributed by atoms with Gasteiger partial charge in [0.1, 0.15) is 0 Å². The molecule has 1 aromatic heterocycles. The summed E-state index contributed by atoms with van der Waals surface area (Å²) in [6.07, 6.45) is 1.64. The molecule has 1 atom stereocenters. The number of fused-ring (bicyclic) bond motifs is 1. The van der Waals surface area contributed by atoms with E-state index in [9.17, 15) is 9.59 Å². The molecule has 0 bridgehead atoms. The zero-order valence-electron chi connectivity index (χ0n) is 16.9. The van der Waals surface area contributed by atoms with Crippen LogP contribution in [0.4, 0.5) is 0 Å². The number of hydrogen-bond donors (Lipinski definition) is 1. The summed E-state index contributed by atoms with van der Waals surface area (Å²) in [6, 6.07) is 15.1. The molecule has 3 aromatic rings. The van der Waals surface area contributed by atoms with E-state index >= 15 is 0 Å². The molecule has 6 heteroatoms. The molecule has 0 aliphatic heterocycles. The highest BCUT2D eigenvalue weighted by atomic mass is 32.2. The van der Waals surface area contributed by atoms with E-state index in [0.717, 1.165) is 11.3 Å². The molecule has 2 aromatic carbocycles. The Balaban J connectivity index is 2.19. The standard InChI is InChI=1S/C23H25N3O2S/c1-5-14-24-21(27)16(4)29-23-25-19-12-8-6-11-18(19)22(28)26(23)20-13-9-7-10-17(20)15(2)3/h5-13,15-16H,1,14H2,2-4H3,(H,24,27)/t16-/m0/s1. The molecule has 0 spiro atoms. The minimum atomic E-state index is -0.416. The van der Waals surface area contributed by atoms with Crippen LogP contribution >= 0.6 is 11.8 Å². The number of aromatic nitrogens is 2. The number of rotatable bonds is 7. The second kappa shape index (κ2) is 9.09. The predicted molar refractivity (Wildman–Crippen MR) is 120 cm³/mol. The van der Waals surface area contributed by atoms with Gasteiger partial charge < -0.3 is 5.32 Å². The van der Waals surface area contributed by atoms with Gasteiger partial charge in [0.15, 0.2) is 5.16 Å². The number of benzene rings is 2. The number of carbonyl (C=O) groups is 1. The van der Waals surface area contributed by atoms with Crippen LogP contribution in [-0.2, 0) is 4.79 Å². The largest absolute Gasteiger partial charge is 0.352 e. The summed E-state index contributed by atoms with van der Waals surface area (Å²) < 4.78 is 1.64. The SMILES string of the molecule is C=CCNC(=O)[C@H](C)Sc1nc2ccccc2c(=O)n1-c1ccccc1C(C)C. The smallest absolute Gasteiger partial charge is 0.266 e. The van der Waals surface area contributed by atoms with Crippen molar-refractivity contribution in [3.63, 3.8) is 0 Å². The Bertz CT molecular complexity index is 1100. The highest BCUT2D eigenvalue weighted by Crippen LogP contribution is 2.29. The lowest BCUT2D eigenvalue weighted by molar-refractivity contribution is -0.120. The van der Waals surface area contributed by atoms with E-state index in [0.29, 0.717) is 22.6 Å². The Kier molecular flexibility index (Phi) is 6.54. The Morgan fingerprint density at radius 1 is 1.17 bits per heavy atom. The lowest BCUT2D eigenvalue weighted by Gasteiger charge is -2.19. The van der Waals surface area contributed by atoms with Crippen molar-refractivity contribution in [3.8, 4) is 5.69 Å². The Labute approximate surface area is 174 Å². The van der Waals surface area contributed by atoms with Gasteiger partial charge in [-0.15, -0.1) is 6.58 Å². The van der Waals surface area contributed by atoms with Gasteiger partial charge >= 0.3 is 0 Å². The third-order valence-electron chi connectivity index (χ3n) is 4.62. The van der Waals surface area contributed by atoms with Crippen molar-refractivity contribution in [3.05, 3.63) is 77.1 Å². The molecular formula is C23H25N3O2S. The number of carbonyl (C=O) groups excluding carboxylic acids is 1. The predicted octanol–water partition coefficient (Wildman–Crippen LogP) is 4.29. The van der Waals surface area contributed by atoms with Crippen molar-refractivity contribution in [2.45, 2.75) is 37.1 Å². The van der Waals surface area contributed by atoms with E-state index in [2.05, 4.69) is 25.7 Å². The van der Waals surface area contributed by atoms with E-state index in [4.69, 9.17) is 4.98 Å². The van der Waals surface area contributed by atoms with E-state index < -0.39 is 5.25 Å².